The zero-order valence-corrected chi connectivity index (χ0v) is 18.6. The number of carbonyl (C=O) groups excluding carboxylic acids is 1. The van der Waals surface area contributed by atoms with Crippen molar-refractivity contribution in [3.05, 3.63) is 108 Å². The van der Waals surface area contributed by atoms with Gasteiger partial charge in [0.2, 0.25) is 5.91 Å². The molecule has 4 atom stereocenters. The van der Waals surface area contributed by atoms with Crippen LogP contribution in [0, 0.1) is 11.8 Å². The van der Waals surface area contributed by atoms with E-state index in [-0.39, 0.29) is 17.9 Å². The summed E-state index contributed by atoms with van der Waals surface area (Å²) < 4.78 is 0. The van der Waals surface area contributed by atoms with Crippen LogP contribution in [-0.2, 0) is 17.8 Å². The highest BCUT2D eigenvalue weighted by Crippen LogP contribution is 2.39. The Bertz CT molecular complexity index is 1010. The Morgan fingerprint density at radius 2 is 1.44 bits per heavy atom. The zero-order valence-electron chi connectivity index (χ0n) is 18.6. The highest BCUT2D eigenvalue weighted by Gasteiger charge is 2.43. The summed E-state index contributed by atoms with van der Waals surface area (Å²) in [7, 11) is 0. The third kappa shape index (κ3) is 4.78. The Labute approximate surface area is 191 Å². The van der Waals surface area contributed by atoms with Gasteiger partial charge in [0.25, 0.3) is 0 Å². The number of fused-ring (bicyclic) bond motifs is 1. The van der Waals surface area contributed by atoms with Gasteiger partial charge in [-0.05, 0) is 47.8 Å². The molecule has 3 nitrogen and oxygen atoms in total. The van der Waals surface area contributed by atoms with Gasteiger partial charge in [-0.2, -0.15) is 0 Å². The molecule has 3 aromatic carbocycles. The van der Waals surface area contributed by atoms with Gasteiger partial charge in [0.1, 0.15) is 0 Å². The van der Waals surface area contributed by atoms with Gasteiger partial charge in [-0.15, -0.1) is 0 Å². The van der Waals surface area contributed by atoms with E-state index in [0.29, 0.717) is 11.8 Å². The average molecular weight is 425 g/mol. The van der Waals surface area contributed by atoms with Gasteiger partial charge in [-0.3, -0.25) is 9.69 Å². The van der Waals surface area contributed by atoms with Crippen LogP contribution >= 0.6 is 0 Å². The normalized spacial score (nSPS) is 23.6. The van der Waals surface area contributed by atoms with E-state index in [0.717, 1.165) is 38.0 Å². The first kappa shape index (κ1) is 21.0. The molecule has 2 aliphatic rings. The van der Waals surface area contributed by atoms with Gasteiger partial charge < -0.3 is 5.32 Å². The number of nitrogens with one attached hydrogen (secondary N) is 1. The number of carbonyl (C=O) groups is 1. The van der Waals surface area contributed by atoms with Crippen molar-refractivity contribution in [2.75, 3.05) is 13.1 Å². The van der Waals surface area contributed by atoms with Crippen LogP contribution in [0.3, 0.4) is 0 Å². The van der Waals surface area contributed by atoms with Crippen LogP contribution in [0.15, 0.2) is 91.0 Å². The third-order valence-corrected chi connectivity index (χ3v) is 7.31. The van der Waals surface area contributed by atoms with Gasteiger partial charge in [0.05, 0.1) is 5.92 Å². The summed E-state index contributed by atoms with van der Waals surface area (Å²) in [5.41, 5.74) is 3.68. The van der Waals surface area contributed by atoms with Crippen LogP contribution in [0.5, 0.6) is 0 Å². The molecule has 5 rings (SSSR count). The molecule has 0 spiro atoms. The molecule has 1 aliphatic carbocycles. The standard InChI is InChI=1S/C29H32N2O/c32-29(26(24-14-8-3-9-15-24)18-22-10-4-1-5-11-22)30-28-17-16-25-20-31(21-27(25)28)19-23-12-6-2-7-13-23/h1-15,25-28H,16-21H2,(H,30,32)/t25-,26?,27+,28+/m1/s1. The van der Waals surface area contributed by atoms with E-state index in [2.05, 4.69) is 76.9 Å². The molecule has 1 unspecified atom stereocenters. The van der Waals surface area contributed by atoms with Crippen LogP contribution in [0.25, 0.3) is 0 Å². The maximum atomic E-state index is 13.5. The van der Waals surface area contributed by atoms with Gasteiger partial charge >= 0.3 is 0 Å². The second-order valence-electron chi connectivity index (χ2n) is 9.45. The number of rotatable bonds is 7. The van der Waals surface area contributed by atoms with Crippen molar-refractivity contribution in [3.63, 3.8) is 0 Å². The number of hydrogen-bond acceptors (Lipinski definition) is 2. The molecule has 0 aromatic heterocycles. The molecule has 2 fully saturated rings. The number of benzene rings is 3. The average Bonchev–Trinajstić information content (AvgIpc) is 3.40. The Morgan fingerprint density at radius 3 is 2.12 bits per heavy atom. The van der Waals surface area contributed by atoms with E-state index in [4.69, 9.17) is 0 Å². The van der Waals surface area contributed by atoms with Crippen molar-refractivity contribution in [1.29, 1.82) is 0 Å². The van der Waals surface area contributed by atoms with Crippen LogP contribution in [-0.4, -0.2) is 29.9 Å². The smallest absolute Gasteiger partial charge is 0.228 e. The summed E-state index contributed by atoms with van der Waals surface area (Å²) >= 11 is 0. The first-order valence-corrected chi connectivity index (χ1v) is 11.9. The molecule has 0 radical (unpaired) electrons. The Hall–Kier alpha value is -2.91. The highest BCUT2D eigenvalue weighted by molar-refractivity contribution is 5.84. The van der Waals surface area contributed by atoms with Crippen molar-refractivity contribution in [3.8, 4) is 0 Å². The largest absolute Gasteiger partial charge is 0.352 e. The quantitative estimate of drug-likeness (QED) is 0.576. The minimum Gasteiger partial charge on any atom is -0.352 e. The fraction of sp³-hybridized carbons (Fsp3) is 0.345. The lowest BCUT2D eigenvalue weighted by Gasteiger charge is -2.25. The minimum atomic E-state index is -0.153. The molecule has 164 valence electrons. The van der Waals surface area contributed by atoms with Gasteiger partial charge in [0, 0.05) is 25.7 Å². The van der Waals surface area contributed by atoms with E-state index in [1.807, 2.05) is 24.3 Å². The molecule has 0 bridgehead atoms. The second kappa shape index (κ2) is 9.70. The fourth-order valence-electron chi connectivity index (χ4n) is 5.69. The first-order valence-electron chi connectivity index (χ1n) is 11.9. The molecule has 1 saturated carbocycles. The van der Waals surface area contributed by atoms with Crippen molar-refractivity contribution >= 4 is 5.91 Å². The highest BCUT2D eigenvalue weighted by atomic mass is 16.2. The molecule has 32 heavy (non-hydrogen) atoms. The van der Waals surface area contributed by atoms with Crippen LogP contribution in [0.2, 0.25) is 0 Å². The lowest BCUT2D eigenvalue weighted by atomic mass is 9.90. The van der Waals surface area contributed by atoms with E-state index in [9.17, 15) is 4.79 Å². The topological polar surface area (TPSA) is 32.3 Å². The van der Waals surface area contributed by atoms with Gasteiger partial charge in [0.15, 0.2) is 0 Å². The Kier molecular flexibility index (Phi) is 6.36. The summed E-state index contributed by atoms with van der Waals surface area (Å²) in [5.74, 6) is 1.29. The van der Waals surface area contributed by atoms with Crippen LogP contribution in [0.4, 0.5) is 0 Å². The Morgan fingerprint density at radius 1 is 0.812 bits per heavy atom. The lowest BCUT2D eigenvalue weighted by Crippen LogP contribution is -2.42. The van der Waals surface area contributed by atoms with E-state index >= 15 is 0 Å². The van der Waals surface area contributed by atoms with E-state index in [1.54, 1.807) is 0 Å². The van der Waals surface area contributed by atoms with Crippen LogP contribution < -0.4 is 5.32 Å². The SMILES string of the molecule is O=C(N[C@H]1CC[C@@H]2CN(Cc3ccccc3)C[C@@H]21)C(Cc1ccccc1)c1ccccc1. The van der Waals surface area contributed by atoms with Crippen molar-refractivity contribution in [1.82, 2.24) is 10.2 Å². The van der Waals surface area contributed by atoms with Crippen molar-refractivity contribution in [2.45, 2.75) is 37.8 Å². The molecule has 1 heterocycles. The minimum absolute atomic E-state index is 0.153. The number of nitrogens with zero attached hydrogens (tertiary/aromatic N) is 1. The van der Waals surface area contributed by atoms with E-state index < -0.39 is 0 Å². The summed E-state index contributed by atoms with van der Waals surface area (Å²) in [6.45, 7) is 3.24. The number of hydrogen-bond donors (Lipinski definition) is 1. The van der Waals surface area contributed by atoms with Gasteiger partial charge in [-0.1, -0.05) is 91.0 Å². The molecule has 1 N–H and O–H groups in total. The number of likely N-dealkylation sites (tertiary alicyclic amines) is 1. The molecule has 3 heteroatoms. The Balaban J connectivity index is 1.26. The van der Waals surface area contributed by atoms with Crippen molar-refractivity contribution < 1.29 is 4.79 Å². The second-order valence-corrected chi connectivity index (χ2v) is 9.45. The summed E-state index contributed by atoms with van der Waals surface area (Å²) in [6.07, 6.45) is 3.06. The third-order valence-electron chi connectivity index (χ3n) is 7.31. The molecule has 1 aliphatic heterocycles. The maximum absolute atomic E-state index is 13.5. The molecule has 3 aromatic rings. The fourth-order valence-corrected chi connectivity index (χ4v) is 5.69. The summed E-state index contributed by atoms with van der Waals surface area (Å²) in [6, 6.07) is 31.6. The molecule has 1 saturated heterocycles. The number of amides is 1. The maximum Gasteiger partial charge on any atom is 0.228 e. The lowest BCUT2D eigenvalue weighted by molar-refractivity contribution is -0.123. The van der Waals surface area contributed by atoms with Crippen molar-refractivity contribution in [2.24, 2.45) is 11.8 Å². The van der Waals surface area contributed by atoms with E-state index in [1.165, 1.54) is 17.5 Å². The summed E-state index contributed by atoms with van der Waals surface area (Å²) in [4.78, 5) is 16.1. The summed E-state index contributed by atoms with van der Waals surface area (Å²) in [5, 5.41) is 3.49. The molecule has 1 amide bonds. The first-order chi connectivity index (χ1) is 15.8. The predicted octanol–water partition coefficient (Wildman–Crippen LogP) is 5.04. The monoisotopic (exact) mass is 424 g/mol. The zero-order chi connectivity index (χ0) is 21.8. The molecular weight excluding hydrogens is 392 g/mol. The van der Waals surface area contributed by atoms with Crippen LogP contribution in [0.1, 0.15) is 35.4 Å². The molecular formula is C29H32N2O. The predicted molar refractivity (Wildman–Crippen MR) is 129 cm³/mol. The van der Waals surface area contributed by atoms with Gasteiger partial charge in [-0.25, -0.2) is 0 Å².